The van der Waals surface area contributed by atoms with Crippen LogP contribution in [0.5, 0.6) is 0 Å². The number of aromatic nitrogens is 1. The van der Waals surface area contributed by atoms with Crippen LogP contribution in [-0.2, 0) is 6.54 Å². The predicted molar refractivity (Wildman–Crippen MR) is 88.6 cm³/mol. The fourth-order valence-electron chi connectivity index (χ4n) is 2.78. The van der Waals surface area contributed by atoms with Crippen LogP contribution in [0.1, 0.15) is 12.1 Å². The fourth-order valence-corrected chi connectivity index (χ4v) is 4.04. The van der Waals surface area contributed by atoms with E-state index in [4.69, 9.17) is 4.98 Å². The summed E-state index contributed by atoms with van der Waals surface area (Å²) in [4.78, 5) is 7.27. The summed E-state index contributed by atoms with van der Waals surface area (Å²) in [6.07, 6.45) is 1.26. The second kappa shape index (κ2) is 6.02. The Balaban J connectivity index is 2.06. The van der Waals surface area contributed by atoms with Gasteiger partial charge in [0.2, 0.25) is 0 Å². The van der Waals surface area contributed by atoms with Gasteiger partial charge < -0.3 is 10.2 Å². The molecule has 1 aromatic heterocycles. The molecule has 3 nitrogen and oxygen atoms in total. The lowest BCUT2D eigenvalue weighted by atomic mass is 10.1. The first-order valence-corrected chi connectivity index (χ1v) is 8.29. The van der Waals surface area contributed by atoms with E-state index in [1.165, 1.54) is 28.7 Å². The molecule has 3 rings (SSSR count). The number of hydrogen-bond acceptors (Lipinski definition) is 4. The van der Waals surface area contributed by atoms with Crippen LogP contribution in [-0.4, -0.2) is 36.6 Å². The molecule has 1 aliphatic heterocycles. The van der Waals surface area contributed by atoms with Crippen molar-refractivity contribution < 1.29 is 0 Å². The highest BCUT2D eigenvalue weighted by Gasteiger charge is 2.22. The minimum atomic E-state index is 0.612. The minimum Gasteiger partial charge on any atom is -0.355 e. The van der Waals surface area contributed by atoms with Gasteiger partial charge in [0.05, 0.1) is 5.69 Å². The Morgan fingerprint density at radius 1 is 1.40 bits per heavy atom. The minimum absolute atomic E-state index is 0.612. The Morgan fingerprint density at radius 2 is 2.25 bits per heavy atom. The first-order valence-electron chi connectivity index (χ1n) is 7.13. The third kappa shape index (κ3) is 2.63. The van der Waals surface area contributed by atoms with E-state index in [1.54, 1.807) is 0 Å². The summed E-state index contributed by atoms with van der Waals surface area (Å²) >= 11 is 2.04. The summed E-state index contributed by atoms with van der Waals surface area (Å²) in [5, 5.41) is 5.73. The lowest BCUT2D eigenvalue weighted by molar-refractivity contribution is 0.689. The molecule has 2 heterocycles. The molecule has 1 N–H and O–H groups in total. The van der Waals surface area contributed by atoms with E-state index >= 15 is 0 Å². The average molecular weight is 287 g/mol. The van der Waals surface area contributed by atoms with Crippen molar-refractivity contribution >= 4 is 28.4 Å². The van der Waals surface area contributed by atoms with Crippen molar-refractivity contribution in [1.29, 1.82) is 0 Å². The normalized spacial score (nSPS) is 18.6. The maximum atomic E-state index is 4.89. The molecule has 4 heteroatoms. The van der Waals surface area contributed by atoms with Crippen molar-refractivity contribution in [2.24, 2.45) is 0 Å². The molecular weight excluding hydrogens is 266 g/mol. The smallest absolute Gasteiger partial charge is 0.136 e. The molecule has 1 aliphatic rings. The lowest BCUT2D eigenvalue weighted by Crippen LogP contribution is -2.32. The number of thioether (sulfide) groups is 1. The number of pyridine rings is 1. The van der Waals surface area contributed by atoms with Gasteiger partial charge in [-0.1, -0.05) is 24.3 Å². The van der Waals surface area contributed by atoms with Crippen molar-refractivity contribution in [1.82, 2.24) is 10.3 Å². The summed E-state index contributed by atoms with van der Waals surface area (Å²) in [6.45, 7) is 0.811. The molecule has 1 saturated heterocycles. The van der Waals surface area contributed by atoms with Gasteiger partial charge in [-0.3, -0.25) is 0 Å². The zero-order valence-electron chi connectivity index (χ0n) is 12.1. The largest absolute Gasteiger partial charge is 0.355 e. The number of benzene rings is 1. The predicted octanol–water partition coefficient (Wildman–Crippen LogP) is 2.90. The van der Waals surface area contributed by atoms with Crippen molar-refractivity contribution in [2.45, 2.75) is 19.0 Å². The molecule has 0 saturated carbocycles. The molecule has 0 spiro atoms. The van der Waals surface area contributed by atoms with Gasteiger partial charge in [-0.05, 0) is 30.7 Å². The Kier molecular flexibility index (Phi) is 4.13. The van der Waals surface area contributed by atoms with Crippen LogP contribution in [0.3, 0.4) is 0 Å². The molecular formula is C16H21N3S. The quantitative estimate of drug-likeness (QED) is 0.936. The van der Waals surface area contributed by atoms with Crippen molar-refractivity contribution in [3.05, 3.63) is 36.0 Å². The van der Waals surface area contributed by atoms with Crippen LogP contribution in [0.15, 0.2) is 30.3 Å². The molecule has 1 aromatic carbocycles. The van der Waals surface area contributed by atoms with Gasteiger partial charge in [-0.25, -0.2) is 4.98 Å². The SMILES string of the molecule is CNCc1cc2ccccc2c(N(C)C2CCSC2)n1. The molecule has 2 aromatic rings. The van der Waals surface area contributed by atoms with Crippen LogP contribution < -0.4 is 10.2 Å². The molecule has 0 radical (unpaired) electrons. The Labute approximate surface area is 124 Å². The van der Waals surface area contributed by atoms with E-state index in [9.17, 15) is 0 Å². The number of fused-ring (bicyclic) bond motifs is 1. The second-order valence-corrected chi connectivity index (χ2v) is 6.47. The third-order valence-corrected chi connectivity index (χ3v) is 5.06. The van der Waals surface area contributed by atoms with E-state index in [0.717, 1.165) is 18.1 Å². The van der Waals surface area contributed by atoms with Gasteiger partial charge in [0.1, 0.15) is 5.82 Å². The molecule has 106 valence electrons. The molecule has 1 atom stereocenters. The standard InChI is InChI=1S/C16H21N3S/c1-17-10-13-9-12-5-3-4-6-15(12)16(18-13)19(2)14-7-8-20-11-14/h3-6,9,14,17H,7-8,10-11H2,1-2H3. The van der Waals surface area contributed by atoms with Crippen LogP contribution >= 0.6 is 11.8 Å². The van der Waals surface area contributed by atoms with Crippen LogP contribution in [0.25, 0.3) is 10.8 Å². The van der Waals surface area contributed by atoms with E-state index in [2.05, 4.69) is 47.6 Å². The summed E-state index contributed by atoms with van der Waals surface area (Å²) in [6, 6.07) is 11.4. The molecule has 0 aliphatic carbocycles. The highest BCUT2D eigenvalue weighted by atomic mass is 32.2. The maximum absolute atomic E-state index is 4.89. The molecule has 20 heavy (non-hydrogen) atoms. The Morgan fingerprint density at radius 3 is 3.00 bits per heavy atom. The number of nitrogens with zero attached hydrogens (tertiary/aromatic N) is 2. The van der Waals surface area contributed by atoms with Gasteiger partial charge in [-0.15, -0.1) is 0 Å². The monoisotopic (exact) mass is 287 g/mol. The van der Waals surface area contributed by atoms with E-state index in [1.807, 2.05) is 18.8 Å². The van der Waals surface area contributed by atoms with Gasteiger partial charge in [0.15, 0.2) is 0 Å². The van der Waals surface area contributed by atoms with E-state index in [-0.39, 0.29) is 0 Å². The Hall–Kier alpha value is -1.26. The van der Waals surface area contributed by atoms with Gasteiger partial charge in [0, 0.05) is 30.8 Å². The molecule has 1 fully saturated rings. The average Bonchev–Trinajstić information content (AvgIpc) is 3.00. The number of rotatable bonds is 4. The number of nitrogens with one attached hydrogen (secondary N) is 1. The summed E-state index contributed by atoms with van der Waals surface area (Å²) in [5.74, 6) is 3.60. The first kappa shape index (κ1) is 13.7. The van der Waals surface area contributed by atoms with E-state index < -0.39 is 0 Å². The third-order valence-electron chi connectivity index (χ3n) is 3.92. The summed E-state index contributed by atoms with van der Waals surface area (Å²) in [7, 11) is 4.16. The highest BCUT2D eigenvalue weighted by molar-refractivity contribution is 7.99. The summed E-state index contributed by atoms with van der Waals surface area (Å²) < 4.78 is 0. The van der Waals surface area contributed by atoms with Crippen LogP contribution in [0, 0.1) is 0 Å². The molecule has 0 bridgehead atoms. The second-order valence-electron chi connectivity index (χ2n) is 5.32. The maximum Gasteiger partial charge on any atom is 0.136 e. The van der Waals surface area contributed by atoms with Crippen molar-refractivity contribution in [3.63, 3.8) is 0 Å². The molecule has 0 amide bonds. The fraction of sp³-hybridized carbons (Fsp3) is 0.438. The number of hydrogen-bond donors (Lipinski definition) is 1. The van der Waals surface area contributed by atoms with Gasteiger partial charge in [0.25, 0.3) is 0 Å². The van der Waals surface area contributed by atoms with E-state index in [0.29, 0.717) is 6.04 Å². The molecule has 1 unspecified atom stereocenters. The summed E-state index contributed by atoms with van der Waals surface area (Å²) in [5.41, 5.74) is 1.11. The zero-order valence-corrected chi connectivity index (χ0v) is 12.9. The highest BCUT2D eigenvalue weighted by Crippen LogP contribution is 2.30. The zero-order chi connectivity index (χ0) is 13.9. The van der Waals surface area contributed by atoms with Gasteiger partial charge in [-0.2, -0.15) is 11.8 Å². The van der Waals surface area contributed by atoms with Crippen molar-refractivity contribution in [3.8, 4) is 0 Å². The first-order chi connectivity index (χ1) is 9.79. The van der Waals surface area contributed by atoms with Crippen LogP contribution in [0.2, 0.25) is 0 Å². The topological polar surface area (TPSA) is 28.2 Å². The lowest BCUT2D eigenvalue weighted by Gasteiger charge is -2.26. The van der Waals surface area contributed by atoms with Crippen molar-refractivity contribution in [2.75, 3.05) is 30.5 Å². The Bertz CT molecular complexity index is 593. The van der Waals surface area contributed by atoms with Crippen LogP contribution in [0.4, 0.5) is 5.82 Å². The van der Waals surface area contributed by atoms with Gasteiger partial charge >= 0.3 is 0 Å². The number of anilines is 1.